The molecule has 1 aliphatic rings. The third kappa shape index (κ3) is 6.10. The molecule has 2 aromatic carbocycles. The van der Waals surface area contributed by atoms with Crippen LogP contribution in [-0.2, 0) is 10.5 Å². The van der Waals surface area contributed by atoms with E-state index < -0.39 is 23.5 Å². The first-order chi connectivity index (χ1) is 19.3. The average molecular weight is 612 g/mol. The number of nitrogens with zero attached hydrogens (tertiary/aromatic N) is 3. The number of anilines is 1. The number of carbonyl (C=O) groups is 2. The fourth-order valence-corrected chi connectivity index (χ4v) is 7.02. The maximum Gasteiger partial charge on any atom is 0.296 e. The summed E-state index contributed by atoms with van der Waals surface area (Å²) in [6.45, 7) is 4.79. The van der Waals surface area contributed by atoms with Gasteiger partial charge in [-0.25, -0.2) is 0 Å². The topological polar surface area (TPSA) is 92.6 Å². The van der Waals surface area contributed by atoms with Crippen molar-refractivity contribution in [1.29, 1.82) is 0 Å². The molecule has 4 aromatic rings. The van der Waals surface area contributed by atoms with Crippen molar-refractivity contribution < 1.29 is 19.4 Å². The Labute approximate surface area is 249 Å². The highest BCUT2D eigenvalue weighted by atomic mass is 35.5. The first-order valence-electron chi connectivity index (χ1n) is 12.6. The smallest absolute Gasteiger partial charge is 0.296 e. The zero-order valence-electron chi connectivity index (χ0n) is 21.7. The molecule has 11 heteroatoms. The Morgan fingerprint density at radius 1 is 1.15 bits per heavy atom. The second-order valence-electron chi connectivity index (χ2n) is 9.48. The average Bonchev–Trinajstić information content (AvgIpc) is 3.69. The second kappa shape index (κ2) is 12.6. The number of hydrogen-bond donors (Lipinski definition) is 1. The highest BCUT2D eigenvalue weighted by Crippen LogP contribution is 2.45. The monoisotopic (exact) mass is 611 g/mol. The highest BCUT2D eigenvalue weighted by Gasteiger charge is 2.46. The van der Waals surface area contributed by atoms with E-state index in [1.54, 1.807) is 23.6 Å². The summed E-state index contributed by atoms with van der Waals surface area (Å²) in [4.78, 5) is 28.9. The van der Waals surface area contributed by atoms with Crippen molar-refractivity contribution >= 4 is 62.9 Å². The van der Waals surface area contributed by atoms with E-state index >= 15 is 0 Å². The fourth-order valence-electron chi connectivity index (χ4n) is 4.19. The van der Waals surface area contributed by atoms with E-state index in [0.29, 0.717) is 43.8 Å². The number of ether oxygens (including phenoxy) is 1. The van der Waals surface area contributed by atoms with Gasteiger partial charge in [0.25, 0.3) is 5.91 Å². The van der Waals surface area contributed by atoms with Crippen LogP contribution in [0, 0.1) is 5.92 Å². The minimum absolute atomic E-state index is 0.00671. The van der Waals surface area contributed by atoms with Crippen LogP contribution in [0.1, 0.15) is 47.1 Å². The van der Waals surface area contributed by atoms with Crippen molar-refractivity contribution in [2.45, 2.75) is 36.4 Å². The Morgan fingerprint density at radius 3 is 2.73 bits per heavy atom. The minimum Gasteiger partial charge on any atom is -0.503 e. The van der Waals surface area contributed by atoms with E-state index in [1.807, 2.05) is 42.5 Å². The molecule has 40 heavy (non-hydrogen) atoms. The Balaban J connectivity index is 1.48. The molecule has 1 unspecified atom stereocenters. The summed E-state index contributed by atoms with van der Waals surface area (Å²) >= 11 is 10.2. The molecule has 1 amide bonds. The van der Waals surface area contributed by atoms with E-state index in [-0.39, 0.29) is 10.7 Å². The first-order valence-corrected chi connectivity index (χ1v) is 15.7. The number of aliphatic hydroxyl groups is 1. The number of halogens is 1. The van der Waals surface area contributed by atoms with Crippen LogP contribution in [0.2, 0.25) is 5.02 Å². The molecule has 0 saturated carbocycles. The SMILES string of the molecule is CC(C)CCOc1cccc(C2C(C(=O)c3cccs3)=C(O)C(=O)N2c2nnc(SCc3ccccc3Cl)s2)c1. The summed E-state index contributed by atoms with van der Waals surface area (Å²) in [6.07, 6.45) is 0.889. The third-order valence-electron chi connectivity index (χ3n) is 6.25. The molecule has 0 radical (unpaired) electrons. The molecule has 0 bridgehead atoms. The number of Topliss-reactive ketones (excluding diaryl/α,β-unsaturated/α-hetero) is 1. The van der Waals surface area contributed by atoms with E-state index in [2.05, 4.69) is 24.0 Å². The summed E-state index contributed by atoms with van der Waals surface area (Å²) in [5.74, 6) is -0.00812. The molecule has 0 fully saturated rings. The zero-order chi connectivity index (χ0) is 28.2. The zero-order valence-corrected chi connectivity index (χ0v) is 24.9. The van der Waals surface area contributed by atoms with Crippen LogP contribution in [-0.4, -0.2) is 33.6 Å². The number of ketones is 1. The van der Waals surface area contributed by atoms with Crippen molar-refractivity contribution in [3.63, 3.8) is 0 Å². The number of carbonyl (C=O) groups excluding carboxylic acids is 2. The van der Waals surface area contributed by atoms with Crippen molar-refractivity contribution in [3.8, 4) is 5.75 Å². The Kier molecular flexibility index (Phi) is 8.90. The molecule has 0 spiro atoms. The maximum atomic E-state index is 13.6. The second-order valence-corrected chi connectivity index (χ2v) is 13.0. The van der Waals surface area contributed by atoms with Crippen LogP contribution >= 0.6 is 46.0 Å². The van der Waals surface area contributed by atoms with Gasteiger partial charge in [-0.2, -0.15) is 0 Å². The summed E-state index contributed by atoms with van der Waals surface area (Å²) in [5, 5.41) is 22.3. The van der Waals surface area contributed by atoms with E-state index in [4.69, 9.17) is 16.3 Å². The molecule has 1 atom stereocenters. The molecule has 0 aliphatic carbocycles. The predicted octanol–water partition coefficient (Wildman–Crippen LogP) is 7.75. The normalized spacial score (nSPS) is 15.3. The maximum absolute atomic E-state index is 13.6. The van der Waals surface area contributed by atoms with Gasteiger partial charge in [0.15, 0.2) is 10.1 Å². The van der Waals surface area contributed by atoms with E-state index in [1.165, 1.54) is 39.3 Å². The summed E-state index contributed by atoms with van der Waals surface area (Å²) in [5.41, 5.74) is 1.59. The van der Waals surface area contributed by atoms with Crippen molar-refractivity contribution in [3.05, 3.63) is 98.4 Å². The van der Waals surface area contributed by atoms with Gasteiger partial charge in [0.05, 0.1) is 23.1 Å². The van der Waals surface area contributed by atoms with Crippen LogP contribution in [0.4, 0.5) is 5.13 Å². The van der Waals surface area contributed by atoms with Gasteiger partial charge < -0.3 is 9.84 Å². The van der Waals surface area contributed by atoms with Gasteiger partial charge >= 0.3 is 0 Å². The quantitative estimate of drug-likeness (QED) is 0.105. The Hall–Kier alpha value is -3.18. The molecule has 3 heterocycles. The number of thioether (sulfide) groups is 1. The van der Waals surface area contributed by atoms with Gasteiger partial charge in [-0.1, -0.05) is 84.9 Å². The molecular weight excluding hydrogens is 586 g/mol. The minimum atomic E-state index is -0.898. The van der Waals surface area contributed by atoms with Gasteiger partial charge in [0.2, 0.25) is 10.9 Å². The molecule has 1 aliphatic heterocycles. The van der Waals surface area contributed by atoms with Crippen molar-refractivity contribution in [2.24, 2.45) is 5.92 Å². The first kappa shape index (κ1) is 28.4. The summed E-state index contributed by atoms with van der Waals surface area (Å²) in [7, 11) is 0. The van der Waals surface area contributed by atoms with Crippen LogP contribution < -0.4 is 9.64 Å². The van der Waals surface area contributed by atoms with Gasteiger partial charge in [-0.05, 0) is 53.1 Å². The van der Waals surface area contributed by atoms with Crippen LogP contribution in [0.25, 0.3) is 0 Å². The summed E-state index contributed by atoms with van der Waals surface area (Å²) < 4.78 is 6.59. The van der Waals surface area contributed by atoms with Crippen molar-refractivity contribution in [2.75, 3.05) is 11.5 Å². The number of rotatable bonds is 11. The van der Waals surface area contributed by atoms with Crippen molar-refractivity contribution in [1.82, 2.24) is 10.2 Å². The predicted molar refractivity (Wildman–Crippen MR) is 161 cm³/mol. The molecule has 206 valence electrons. The fraction of sp³-hybridized carbons (Fsp3) is 0.241. The molecule has 7 nitrogen and oxygen atoms in total. The Bertz CT molecular complexity index is 1550. The van der Waals surface area contributed by atoms with Gasteiger partial charge in [-0.15, -0.1) is 21.5 Å². The number of aromatic nitrogens is 2. The van der Waals surface area contributed by atoms with Crippen LogP contribution in [0.15, 0.2) is 81.7 Å². The summed E-state index contributed by atoms with van der Waals surface area (Å²) in [6, 6.07) is 17.4. The molecular formula is C29H26ClN3O4S3. The Morgan fingerprint density at radius 2 is 1.98 bits per heavy atom. The number of amides is 1. The van der Waals surface area contributed by atoms with E-state index in [9.17, 15) is 14.7 Å². The molecule has 0 saturated heterocycles. The van der Waals surface area contributed by atoms with Gasteiger partial charge in [0, 0.05) is 10.8 Å². The molecule has 5 rings (SSSR count). The number of benzene rings is 2. The largest absolute Gasteiger partial charge is 0.503 e. The lowest BCUT2D eigenvalue weighted by Gasteiger charge is -2.24. The van der Waals surface area contributed by atoms with E-state index in [0.717, 1.165) is 12.0 Å². The van der Waals surface area contributed by atoms with Crippen LogP contribution in [0.3, 0.4) is 0 Å². The lowest BCUT2D eigenvalue weighted by Crippen LogP contribution is -2.31. The number of hydrogen-bond acceptors (Lipinski definition) is 9. The van der Waals surface area contributed by atoms with Gasteiger partial charge in [-0.3, -0.25) is 14.5 Å². The lowest BCUT2D eigenvalue weighted by molar-refractivity contribution is -0.117. The number of thiophene rings is 1. The third-order valence-corrected chi connectivity index (χ3v) is 9.59. The molecule has 2 aromatic heterocycles. The molecule has 1 N–H and O–H groups in total. The highest BCUT2D eigenvalue weighted by molar-refractivity contribution is 8.00. The lowest BCUT2D eigenvalue weighted by atomic mass is 9.95. The number of aliphatic hydroxyl groups excluding tert-OH is 1. The van der Waals surface area contributed by atoms with Gasteiger partial charge in [0.1, 0.15) is 5.75 Å². The van der Waals surface area contributed by atoms with Crippen LogP contribution in [0.5, 0.6) is 5.75 Å². The standard InChI is InChI=1S/C29H26ClN3O4S3/c1-17(2)12-13-37-20-9-5-8-18(15-20)24-23(25(34)22-11-6-14-38-22)26(35)27(36)33(24)28-31-32-29(40-28)39-16-19-7-3-4-10-21(19)30/h3-11,14-15,17,24,35H,12-13,16H2,1-2H3.